The number of fused-ring (bicyclic) bond motifs is 1. The van der Waals surface area contributed by atoms with Crippen molar-refractivity contribution in [3.8, 4) is 11.5 Å². The highest BCUT2D eigenvalue weighted by molar-refractivity contribution is 5.59. The smallest absolute Gasteiger partial charge is 0.161 e. The number of rotatable bonds is 1. The van der Waals surface area contributed by atoms with Gasteiger partial charge in [0.1, 0.15) is 13.2 Å². The highest BCUT2D eigenvalue weighted by atomic mass is 16.5. The van der Waals surface area contributed by atoms with Crippen LogP contribution in [-0.2, 0) is 9.47 Å². The largest absolute Gasteiger partial charge is 0.488 e. The second kappa shape index (κ2) is 11.4. The maximum Gasteiger partial charge on any atom is 0.161 e. The van der Waals surface area contributed by atoms with Crippen molar-refractivity contribution in [3.63, 3.8) is 0 Å². The molecule has 0 radical (unpaired) electrons. The van der Waals surface area contributed by atoms with E-state index in [1.54, 1.807) is 18.5 Å². The average molecular weight is 332 g/mol. The van der Waals surface area contributed by atoms with E-state index in [-0.39, 0.29) is 0 Å². The standard InChI is InChI=1S/C18H24N2O4/c1-2-16-3-4-17-18(15-16)24-12-8-20-6-10-22-14-13-21-9-5-19-7-11-23-17/h2-6,15H,1,7-14H2. The van der Waals surface area contributed by atoms with Gasteiger partial charge in [0, 0.05) is 12.4 Å². The summed E-state index contributed by atoms with van der Waals surface area (Å²) < 4.78 is 22.3. The first-order chi connectivity index (χ1) is 11.9. The Labute approximate surface area is 142 Å². The highest BCUT2D eigenvalue weighted by Crippen LogP contribution is 2.28. The number of benzene rings is 1. The first kappa shape index (κ1) is 18.2. The van der Waals surface area contributed by atoms with Gasteiger partial charge in [0.05, 0.1) is 39.5 Å². The van der Waals surface area contributed by atoms with Crippen molar-refractivity contribution in [2.75, 3.05) is 52.7 Å². The van der Waals surface area contributed by atoms with Crippen LogP contribution in [0, 0.1) is 0 Å². The second-order valence-electron chi connectivity index (χ2n) is 4.93. The first-order valence-electron chi connectivity index (χ1n) is 8.04. The van der Waals surface area contributed by atoms with Crippen molar-refractivity contribution < 1.29 is 18.9 Å². The Morgan fingerprint density at radius 2 is 1.46 bits per heavy atom. The SMILES string of the molecule is C=Cc1ccc2c(c1)OCCN=CCOCCOCC=NCCO2. The predicted molar refractivity (Wildman–Crippen MR) is 95.9 cm³/mol. The average Bonchev–Trinajstić information content (AvgIpc) is 2.61. The topological polar surface area (TPSA) is 61.6 Å². The molecule has 24 heavy (non-hydrogen) atoms. The van der Waals surface area contributed by atoms with E-state index in [4.69, 9.17) is 18.9 Å². The summed E-state index contributed by atoms with van der Waals surface area (Å²) in [5.41, 5.74) is 0.978. The molecule has 0 saturated heterocycles. The molecular formula is C18H24N2O4. The van der Waals surface area contributed by atoms with E-state index in [2.05, 4.69) is 16.6 Å². The summed E-state index contributed by atoms with van der Waals surface area (Å²) in [7, 11) is 0. The number of ether oxygens (including phenoxy) is 4. The Morgan fingerprint density at radius 3 is 2.08 bits per heavy atom. The first-order valence-corrected chi connectivity index (χ1v) is 8.04. The van der Waals surface area contributed by atoms with Crippen LogP contribution in [0.4, 0.5) is 0 Å². The molecule has 0 aromatic heterocycles. The number of aliphatic imine (C=N–C) groups is 2. The van der Waals surface area contributed by atoms with Gasteiger partial charge in [-0.05, 0) is 17.7 Å². The molecule has 1 heterocycles. The molecule has 0 bridgehead atoms. The van der Waals surface area contributed by atoms with Gasteiger partial charge in [-0.1, -0.05) is 18.7 Å². The van der Waals surface area contributed by atoms with Crippen LogP contribution < -0.4 is 9.47 Å². The van der Waals surface area contributed by atoms with E-state index < -0.39 is 0 Å². The maximum atomic E-state index is 5.79. The number of hydrogen-bond donors (Lipinski definition) is 0. The van der Waals surface area contributed by atoms with E-state index in [0.717, 1.165) is 5.56 Å². The molecule has 0 spiro atoms. The van der Waals surface area contributed by atoms with Crippen LogP contribution in [0.1, 0.15) is 5.56 Å². The third-order valence-electron chi connectivity index (χ3n) is 3.17. The summed E-state index contributed by atoms with van der Waals surface area (Å²) in [5, 5.41) is 0. The van der Waals surface area contributed by atoms with Crippen LogP contribution in [0.25, 0.3) is 6.08 Å². The Balaban J connectivity index is 1.98. The van der Waals surface area contributed by atoms with Crippen LogP contribution >= 0.6 is 0 Å². The molecule has 6 nitrogen and oxygen atoms in total. The molecule has 2 rings (SSSR count). The lowest BCUT2D eigenvalue weighted by Gasteiger charge is -2.12. The van der Waals surface area contributed by atoms with E-state index >= 15 is 0 Å². The van der Waals surface area contributed by atoms with Crippen LogP contribution in [0.3, 0.4) is 0 Å². The minimum absolute atomic E-state index is 0.467. The van der Waals surface area contributed by atoms with Gasteiger partial charge in [-0.3, -0.25) is 9.98 Å². The molecule has 1 aromatic carbocycles. The van der Waals surface area contributed by atoms with Crippen LogP contribution in [0.2, 0.25) is 0 Å². The number of hydrogen-bond acceptors (Lipinski definition) is 6. The maximum absolute atomic E-state index is 5.79. The molecule has 0 unspecified atom stereocenters. The van der Waals surface area contributed by atoms with Gasteiger partial charge in [-0.25, -0.2) is 0 Å². The van der Waals surface area contributed by atoms with Gasteiger partial charge >= 0.3 is 0 Å². The summed E-state index contributed by atoms with van der Waals surface area (Å²) in [6.45, 7) is 7.86. The molecule has 1 aliphatic rings. The molecule has 0 saturated carbocycles. The van der Waals surface area contributed by atoms with Crippen molar-refractivity contribution in [2.24, 2.45) is 9.98 Å². The van der Waals surface area contributed by atoms with E-state index in [1.807, 2.05) is 18.2 Å². The molecular weight excluding hydrogens is 308 g/mol. The van der Waals surface area contributed by atoms with Crippen molar-refractivity contribution >= 4 is 18.5 Å². The quantitative estimate of drug-likeness (QED) is 0.791. The fourth-order valence-electron chi connectivity index (χ4n) is 1.98. The summed E-state index contributed by atoms with van der Waals surface area (Å²) in [5.74, 6) is 1.38. The lowest BCUT2D eigenvalue weighted by Crippen LogP contribution is -2.09. The third-order valence-corrected chi connectivity index (χ3v) is 3.17. The van der Waals surface area contributed by atoms with Gasteiger partial charge in [0.2, 0.25) is 0 Å². The monoisotopic (exact) mass is 332 g/mol. The third kappa shape index (κ3) is 6.93. The summed E-state index contributed by atoms with van der Waals surface area (Å²) in [4.78, 5) is 8.50. The molecule has 0 N–H and O–H groups in total. The van der Waals surface area contributed by atoms with Crippen molar-refractivity contribution in [1.29, 1.82) is 0 Å². The Hall–Kier alpha value is -2.18. The summed E-state index contributed by atoms with van der Waals surface area (Å²) in [6.07, 6.45) is 5.26. The number of nitrogens with zero attached hydrogens (tertiary/aromatic N) is 2. The zero-order valence-corrected chi connectivity index (χ0v) is 13.9. The molecule has 0 atom stereocenters. The fourth-order valence-corrected chi connectivity index (χ4v) is 1.98. The lowest BCUT2D eigenvalue weighted by atomic mass is 10.2. The molecule has 6 heteroatoms. The Kier molecular flexibility index (Phi) is 8.60. The van der Waals surface area contributed by atoms with Crippen LogP contribution in [-0.4, -0.2) is 65.2 Å². The zero-order valence-electron chi connectivity index (χ0n) is 13.9. The molecule has 1 aromatic rings. The van der Waals surface area contributed by atoms with Gasteiger partial charge in [-0.2, -0.15) is 0 Å². The van der Waals surface area contributed by atoms with Gasteiger partial charge < -0.3 is 18.9 Å². The van der Waals surface area contributed by atoms with E-state index in [1.165, 1.54) is 0 Å². The molecule has 0 fully saturated rings. The van der Waals surface area contributed by atoms with Crippen molar-refractivity contribution in [2.45, 2.75) is 0 Å². The van der Waals surface area contributed by atoms with E-state index in [9.17, 15) is 0 Å². The predicted octanol–water partition coefficient (Wildman–Crippen LogP) is 2.28. The molecule has 1 aliphatic heterocycles. The van der Waals surface area contributed by atoms with Crippen molar-refractivity contribution in [1.82, 2.24) is 0 Å². The Morgan fingerprint density at radius 1 is 0.833 bits per heavy atom. The second-order valence-corrected chi connectivity index (χ2v) is 4.93. The van der Waals surface area contributed by atoms with Gasteiger partial charge in [-0.15, -0.1) is 0 Å². The lowest BCUT2D eigenvalue weighted by molar-refractivity contribution is 0.0809. The normalized spacial score (nSPS) is 17.7. The van der Waals surface area contributed by atoms with Crippen LogP contribution in [0.15, 0.2) is 34.8 Å². The summed E-state index contributed by atoms with van der Waals surface area (Å²) in [6, 6.07) is 5.73. The zero-order chi connectivity index (χ0) is 16.9. The minimum atomic E-state index is 0.467. The van der Waals surface area contributed by atoms with Crippen molar-refractivity contribution in [3.05, 3.63) is 30.3 Å². The summed E-state index contributed by atoms with van der Waals surface area (Å²) >= 11 is 0. The highest BCUT2D eigenvalue weighted by Gasteiger charge is 2.06. The molecule has 130 valence electrons. The van der Waals surface area contributed by atoms with Gasteiger partial charge in [0.25, 0.3) is 0 Å². The fraction of sp³-hybridized carbons (Fsp3) is 0.444. The van der Waals surface area contributed by atoms with Crippen LogP contribution in [0.5, 0.6) is 11.5 Å². The minimum Gasteiger partial charge on any atom is -0.488 e. The molecule has 0 amide bonds. The van der Waals surface area contributed by atoms with Gasteiger partial charge in [0.15, 0.2) is 11.5 Å². The Bertz CT molecular complexity index is 558. The van der Waals surface area contributed by atoms with E-state index in [0.29, 0.717) is 64.2 Å². The molecule has 0 aliphatic carbocycles.